The molecular weight excluding hydrogens is 362 g/mol. The molecule has 28 heavy (non-hydrogen) atoms. The van der Waals surface area contributed by atoms with Gasteiger partial charge in [-0.25, -0.2) is 18.7 Å². The lowest BCUT2D eigenvalue weighted by molar-refractivity contribution is 0.000605. The summed E-state index contributed by atoms with van der Waals surface area (Å²) in [6, 6.07) is 9.16. The van der Waals surface area contributed by atoms with E-state index in [1.807, 2.05) is 41.9 Å². The number of fused-ring (bicyclic) bond motifs is 1. The van der Waals surface area contributed by atoms with Gasteiger partial charge < -0.3 is 4.40 Å². The number of aromatic nitrogens is 5. The summed E-state index contributed by atoms with van der Waals surface area (Å²) in [6.07, 6.45) is 6.86. The standard InChI is InChI=1S/C20H16F2N6/c1-13-10-27-6-5-14(7-18(27)25-13)19-17(4-3-16(8-23)26-19)15-9-24-28(11-15)12-20(2,21)22/h3-7,9-11H,12H2,1-2H3. The Morgan fingerprint density at radius 1 is 1.14 bits per heavy atom. The van der Waals surface area contributed by atoms with E-state index < -0.39 is 12.5 Å². The Hall–Kier alpha value is -3.60. The van der Waals surface area contributed by atoms with Crippen molar-refractivity contribution in [1.29, 1.82) is 5.26 Å². The van der Waals surface area contributed by atoms with Crippen LogP contribution >= 0.6 is 0 Å². The van der Waals surface area contributed by atoms with Crippen molar-refractivity contribution in [2.24, 2.45) is 0 Å². The number of rotatable bonds is 4. The SMILES string of the molecule is Cc1cn2ccc(-c3nc(C#N)ccc3-c3cnn(CC(C)(F)F)c3)cc2n1. The third-order valence-electron chi connectivity index (χ3n) is 4.25. The third kappa shape index (κ3) is 3.47. The third-order valence-corrected chi connectivity index (χ3v) is 4.25. The Kier molecular flexibility index (Phi) is 4.15. The summed E-state index contributed by atoms with van der Waals surface area (Å²) < 4.78 is 29.7. The highest BCUT2D eigenvalue weighted by Crippen LogP contribution is 2.31. The average Bonchev–Trinajstić information content (AvgIpc) is 3.24. The van der Waals surface area contributed by atoms with E-state index in [9.17, 15) is 14.0 Å². The van der Waals surface area contributed by atoms with Crippen molar-refractivity contribution in [2.45, 2.75) is 26.3 Å². The number of aryl methyl sites for hydroxylation is 1. The number of imidazole rings is 1. The highest BCUT2D eigenvalue weighted by molar-refractivity contribution is 5.81. The van der Waals surface area contributed by atoms with Crippen LogP contribution < -0.4 is 0 Å². The van der Waals surface area contributed by atoms with Crippen LogP contribution in [-0.2, 0) is 6.54 Å². The Balaban J connectivity index is 1.83. The van der Waals surface area contributed by atoms with Crippen LogP contribution in [-0.4, -0.2) is 30.1 Å². The lowest BCUT2D eigenvalue weighted by Crippen LogP contribution is -2.19. The van der Waals surface area contributed by atoms with Gasteiger partial charge >= 0.3 is 0 Å². The summed E-state index contributed by atoms with van der Waals surface area (Å²) in [4.78, 5) is 8.91. The Labute approximate surface area is 159 Å². The van der Waals surface area contributed by atoms with Crippen LogP contribution in [0.25, 0.3) is 28.0 Å². The molecule has 4 aromatic heterocycles. The molecule has 8 heteroatoms. The van der Waals surface area contributed by atoms with Gasteiger partial charge in [-0.2, -0.15) is 10.4 Å². The van der Waals surface area contributed by atoms with Crippen molar-refractivity contribution < 1.29 is 8.78 Å². The fraction of sp³-hybridized carbons (Fsp3) is 0.200. The van der Waals surface area contributed by atoms with Gasteiger partial charge in [0, 0.05) is 42.2 Å². The smallest absolute Gasteiger partial charge is 0.264 e. The highest BCUT2D eigenvalue weighted by Gasteiger charge is 2.23. The quantitative estimate of drug-likeness (QED) is 0.536. The highest BCUT2D eigenvalue weighted by atomic mass is 19.3. The fourth-order valence-electron chi connectivity index (χ4n) is 3.10. The molecule has 0 aliphatic carbocycles. The minimum absolute atomic E-state index is 0.269. The molecule has 0 spiro atoms. The number of nitriles is 1. The minimum Gasteiger partial charge on any atom is -0.307 e. The van der Waals surface area contributed by atoms with Crippen LogP contribution in [0.5, 0.6) is 0 Å². The van der Waals surface area contributed by atoms with Gasteiger partial charge in [0.15, 0.2) is 0 Å². The Morgan fingerprint density at radius 3 is 2.71 bits per heavy atom. The summed E-state index contributed by atoms with van der Waals surface area (Å²) in [7, 11) is 0. The maximum atomic E-state index is 13.3. The lowest BCUT2D eigenvalue weighted by Gasteiger charge is -2.10. The van der Waals surface area contributed by atoms with Gasteiger partial charge in [-0.15, -0.1) is 0 Å². The van der Waals surface area contributed by atoms with Gasteiger partial charge in [0.05, 0.1) is 17.6 Å². The van der Waals surface area contributed by atoms with Crippen molar-refractivity contribution in [1.82, 2.24) is 24.1 Å². The molecule has 6 nitrogen and oxygen atoms in total. The maximum Gasteiger partial charge on any atom is 0.264 e. The first-order chi connectivity index (χ1) is 13.3. The number of hydrogen-bond donors (Lipinski definition) is 0. The van der Waals surface area contributed by atoms with E-state index in [2.05, 4.69) is 15.1 Å². The van der Waals surface area contributed by atoms with E-state index in [0.29, 0.717) is 16.8 Å². The zero-order valence-electron chi connectivity index (χ0n) is 15.3. The molecular formula is C20H16F2N6. The van der Waals surface area contributed by atoms with E-state index in [4.69, 9.17) is 0 Å². The lowest BCUT2D eigenvalue weighted by atomic mass is 10.0. The molecule has 0 atom stereocenters. The van der Waals surface area contributed by atoms with Crippen molar-refractivity contribution in [3.63, 3.8) is 0 Å². The monoisotopic (exact) mass is 378 g/mol. The molecule has 4 aromatic rings. The van der Waals surface area contributed by atoms with Crippen LogP contribution in [0.2, 0.25) is 0 Å². The van der Waals surface area contributed by atoms with E-state index >= 15 is 0 Å². The van der Waals surface area contributed by atoms with E-state index in [0.717, 1.165) is 23.8 Å². The van der Waals surface area contributed by atoms with Gasteiger partial charge in [-0.1, -0.05) is 0 Å². The van der Waals surface area contributed by atoms with Gasteiger partial charge in [-0.3, -0.25) is 4.68 Å². The van der Waals surface area contributed by atoms with Gasteiger partial charge in [0.25, 0.3) is 5.92 Å². The number of nitrogens with zero attached hydrogens (tertiary/aromatic N) is 6. The number of alkyl halides is 2. The summed E-state index contributed by atoms with van der Waals surface area (Å²) in [6.45, 7) is 2.25. The predicted molar refractivity (Wildman–Crippen MR) is 99.7 cm³/mol. The molecule has 0 amide bonds. The molecule has 0 bridgehead atoms. The minimum atomic E-state index is -2.86. The van der Waals surface area contributed by atoms with Gasteiger partial charge in [0.2, 0.25) is 0 Å². The summed E-state index contributed by atoms with van der Waals surface area (Å²) in [5, 5.41) is 13.3. The molecule has 0 aromatic carbocycles. The van der Waals surface area contributed by atoms with Crippen LogP contribution in [0.3, 0.4) is 0 Å². The van der Waals surface area contributed by atoms with Crippen molar-refractivity contribution in [3.8, 4) is 28.5 Å². The van der Waals surface area contributed by atoms with Crippen LogP contribution in [0, 0.1) is 18.3 Å². The average molecular weight is 378 g/mol. The molecule has 4 heterocycles. The molecule has 0 N–H and O–H groups in total. The predicted octanol–water partition coefficient (Wildman–Crippen LogP) is 4.10. The molecule has 0 unspecified atom stereocenters. The molecule has 0 saturated carbocycles. The summed E-state index contributed by atoms with van der Waals surface area (Å²) in [5.41, 5.74) is 4.62. The molecule has 0 saturated heterocycles. The van der Waals surface area contributed by atoms with Crippen LogP contribution in [0.4, 0.5) is 8.78 Å². The molecule has 4 rings (SSSR count). The number of halogens is 2. The molecule has 0 fully saturated rings. The second-order valence-corrected chi connectivity index (χ2v) is 6.76. The number of hydrogen-bond acceptors (Lipinski definition) is 4. The summed E-state index contributed by atoms with van der Waals surface area (Å²) >= 11 is 0. The zero-order chi connectivity index (χ0) is 19.9. The van der Waals surface area contributed by atoms with Crippen LogP contribution in [0.15, 0.2) is 49.1 Å². The number of pyridine rings is 2. The second-order valence-electron chi connectivity index (χ2n) is 6.76. The Morgan fingerprint density at radius 2 is 1.96 bits per heavy atom. The summed E-state index contributed by atoms with van der Waals surface area (Å²) in [5.74, 6) is -2.86. The first-order valence-electron chi connectivity index (χ1n) is 8.60. The van der Waals surface area contributed by atoms with E-state index in [1.54, 1.807) is 18.3 Å². The van der Waals surface area contributed by atoms with Crippen molar-refractivity contribution in [2.75, 3.05) is 0 Å². The van der Waals surface area contributed by atoms with E-state index in [1.165, 1.54) is 10.9 Å². The van der Waals surface area contributed by atoms with Crippen LogP contribution in [0.1, 0.15) is 18.3 Å². The Bertz CT molecular complexity index is 1210. The first-order valence-corrected chi connectivity index (χ1v) is 8.60. The molecule has 0 radical (unpaired) electrons. The van der Waals surface area contributed by atoms with Crippen molar-refractivity contribution >= 4 is 5.65 Å². The topological polar surface area (TPSA) is 71.8 Å². The zero-order valence-corrected chi connectivity index (χ0v) is 15.3. The van der Waals surface area contributed by atoms with Gasteiger partial charge in [0.1, 0.15) is 24.0 Å². The maximum absolute atomic E-state index is 13.3. The fourth-order valence-corrected chi connectivity index (χ4v) is 3.10. The van der Waals surface area contributed by atoms with E-state index in [-0.39, 0.29) is 5.69 Å². The molecule has 140 valence electrons. The normalized spacial score (nSPS) is 11.7. The second kappa shape index (κ2) is 6.53. The first kappa shape index (κ1) is 17.8. The molecule has 0 aliphatic heterocycles. The molecule has 0 aliphatic rings. The largest absolute Gasteiger partial charge is 0.307 e. The van der Waals surface area contributed by atoms with Gasteiger partial charge in [-0.05, 0) is 31.2 Å². The van der Waals surface area contributed by atoms with Crippen molar-refractivity contribution in [3.05, 3.63) is 60.4 Å².